The standard InChI is InChI=1S/C20H32O2/c1-11(2)13-15(19(5,6)7)16(20(8,9)10)18-14(12(3)4)17(13)21-22-18/h11-12H,1-10H3. The molecule has 1 aliphatic heterocycles. The molecular weight excluding hydrogens is 272 g/mol. The fourth-order valence-electron chi connectivity index (χ4n) is 3.57. The summed E-state index contributed by atoms with van der Waals surface area (Å²) in [7, 11) is 0. The number of fused-ring (bicyclic) bond motifs is 2. The number of hydrogen-bond acceptors (Lipinski definition) is 2. The Morgan fingerprint density at radius 2 is 1.00 bits per heavy atom. The molecule has 0 radical (unpaired) electrons. The molecule has 2 nitrogen and oxygen atoms in total. The van der Waals surface area contributed by atoms with Gasteiger partial charge in [0.15, 0.2) is 11.5 Å². The van der Waals surface area contributed by atoms with E-state index in [0.717, 1.165) is 11.5 Å². The van der Waals surface area contributed by atoms with Gasteiger partial charge in [-0.05, 0) is 28.2 Å². The predicted molar refractivity (Wildman–Crippen MR) is 93.3 cm³/mol. The van der Waals surface area contributed by atoms with Crippen LogP contribution in [0.3, 0.4) is 0 Å². The van der Waals surface area contributed by atoms with E-state index in [4.69, 9.17) is 9.78 Å². The van der Waals surface area contributed by atoms with Gasteiger partial charge in [0.05, 0.1) is 0 Å². The molecule has 0 aromatic heterocycles. The minimum Gasteiger partial charge on any atom is -0.289 e. The summed E-state index contributed by atoms with van der Waals surface area (Å²) >= 11 is 0. The molecule has 1 aromatic rings. The molecule has 2 rings (SSSR count). The van der Waals surface area contributed by atoms with Crippen LogP contribution in [0.5, 0.6) is 11.5 Å². The average molecular weight is 304 g/mol. The van der Waals surface area contributed by atoms with E-state index in [9.17, 15) is 0 Å². The Hall–Kier alpha value is -1.18. The van der Waals surface area contributed by atoms with Crippen molar-refractivity contribution in [2.75, 3.05) is 0 Å². The Labute approximate surface area is 136 Å². The number of benzene rings is 1. The van der Waals surface area contributed by atoms with Crippen molar-refractivity contribution in [3.8, 4) is 11.5 Å². The Bertz CT molecular complexity index is 581. The second-order valence-electron chi connectivity index (χ2n) is 9.21. The van der Waals surface area contributed by atoms with Gasteiger partial charge in [-0.25, -0.2) is 0 Å². The third-order valence-corrected chi connectivity index (χ3v) is 4.34. The van der Waals surface area contributed by atoms with Gasteiger partial charge in [-0.2, -0.15) is 0 Å². The van der Waals surface area contributed by atoms with Crippen LogP contribution in [-0.4, -0.2) is 0 Å². The second kappa shape index (κ2) is 5.18. The van der Waals surface area contributed by atoms with E-state index in [2.05, 4.69) is 69.2 Å². The summed E-state index contributed by atoms with van der Waals surface area (Å²) in [5.74, 6) is 2.73. The summed E-state index contributed by atoms with van der Waals surface area (Å²) in [5.41, 5.74) is 5.34. The SMILES string of the molecule is CC(C)c1c2c(C(C)C)c(C(C)(C)C)c(C(C)(C)C)c1OO2. The van der Waals surface area contributed by atoms with Crippen LogP contribution in [0.15, 0.2) is 0 Å². The van der Waals surface area contributed by atoms with Crippen molar-refractivity contribution in [2.45, 2.75) is 91.9 Å². The molecule has 1 aromatic carbocycles. The lowest BCUT2D eigenvalue weighted by atomic mass is 9.69. The minimum atomic E-state index is 0.0114. The zero-order valence-corrected chi connectivity index (χ0v) is 16.0. The Kier molecular flexibility index (Phi) is 4.04. The molecule has 0 amide bonds. The monoisotopic (exact) mass is 304 g/mol. The van der Waals surface area contributed by atoms with Gasteiger partial charge >= 0.3 is 0 Å². The Morgan fingerprint density at radius 1 is 0.591 bits per heavy atom. The molecule has 0 N–H and O–H groups in total. The third-order valence-electron chi connectivity index (χ3n) is 4.34. The lowest BCUT2D eigenvalue weighted by Crippen LogP contribution is -2.25. The third kappa shape index (κ3) is 2.61. The topological polar surface area (TPSA) is 18.5 Å². The van der Waals surface area contributed by atoms with E-state index < -0.39 is 0 Å². The van der Waals surface area contributed by atoms with Crippen LogP contribution in [0.2, 0.25) is 0 Å². The molecule has 22 heavy (non-hydrogen) atoms. The van der Waals surface area contributed by atoms with Crippen molar-refractivity contribution in [1.29, 1.82) is 0 Å². The molecule has 0 fully saturated rings. The summed E-state index contributed by atoms with van der Waals surface area (Å²) in [6.45, 7) is 22.6. The van der Waals surface area contributed by atoms with Crippen molar-refractivity contribution in [3.05, 3.63) is 22.3 Å². The van der Waals surface area contributed by atoms with Crippen molar-refractivity contribution in [1.82, 2.24) is 0 Å². The molecular formula is C20H32O2. The molecule has 2 heteroatoms. The summed E-state index contributed by atoms with van der Waals surface area (Å²) < 4.78 is 0. The quantitative estimate of drug-likeness (QED) is 0.604. The van der Waals surface area contributed by atoms with Crippen LogP contribution in [-0.2, 0) is 10.8 Å². The molecule has 0 unspecified atom stereocenters. The molecule has 1 aliphatic rings. The summed E-state index contributed by atoms with van der Waals surface area (Å²) in [6, 6.07) is 0. The van der Waals surface area contributed by atoms with Crippen LogP contribution in [0.25, 0.3) is 0 Å². The van der Waals surface area contributed by atoms with E-state index in [1.807, 2.05) is 0 Å². The normalized spacial score (nSPS) is 14.5. The van der Waals surface area contributed by atoms with Gasteiger partial charge in [-0.15, -0.1) is 0 Å². The largest absolute Gasteiger partial charge is 0.289 e. The minimum absolute atomic E-state index is 0.0114. The van der Waals surface area contributed by atoms with Crippen LogP contribution >= 0.6 is 0 Å². The number of hydrogen-bond donors (Lipinski definition) is 0. The van der Waals surface area contributed by atoms with Gasteiger partial charge in [0, 0.05) is 16.7 Å². The first kappa shape index (κ1) is 17.2. The van der Waals surface area contributed by atoms with Gasteiger partial charge in [0.2, 0.25) is 0 Å². The van der Waals surface area contributed by atoms with Gasteiger partial charge in [-0.1, -0.05) is 69.2 Å². The smallest absolute Gasteiger partial charge is 0.190 e. The highest BCUT2D eigenvalue weighted by molar-refractivity contribution is 5.66. The maximum absolute atomic E-state index is 5.76. The Balaban J connectivity index is 3.01. The summed E-state index contributed by atoms with van der Waals surface area (Å²) in [5, 5.41) is 0. The second-order valence-corrected chi connectivity index (χ2v) is 9.21. The van der Waals surface area contributed by atoms with Gasteiger partial charge in [0.1, 0.15) is 0 Å². The first-order valence-electron chi connectivity index (χ1n) is 8.46. The fourth-order valence-corrected chi connectivity index (χ4v) is 3.57. The highest BCUT2D eigenvalue weighted by Crippen LogP contribution is 2.55. The van der Waals surface area contributed by atoms with Crippen LogP contribution in [0, 0.1) is 0 Å². The summed E-state index contributed by atoms with van der Waals surface area (Å²) in [6.07, 6.45) is 0. The zero-order chi connectivity index (χ0) is 17.0. The van der Waals surface area contributed by atoms with Crippen LogP contribution < -0.4 is 9.78 Å². The fraction of sp³-hybridized carbons (Fsp3) is 0.700. The number of rotatable bonds is 2. The molecule has 124 valence electrons. The van der Waals surface area contributed by atoms with E-state index >= 15 is 0 Å². The van der Waals surface area contributed by atoms with Crippen LogP contribution in [0.1, 0.15) is 103 Å². The zero-order valence-electron chi connectivity index (χ0n) is 16.0. The van der Waals surface area contributed by atoms with Crippen molar-refractivity contribution >= 4 is 0 Å². The lowest BCUT2D eigenvalue weighted by molar-refractivity contribution is -0.0865. The predicted octanol–water partition coefficient (Wildman–Crippen LogP) is 6.21. The molecule has 0 saturated carbocycles. The average Bonchev–Trinajstić information content (AvgIpc) is 2.61. The van der Waals surface area contributed by atoms with E-state index in [0.29, 0.717) is 11.8 Å². The van der Waals surface area contributed by atoms with Crippen LogP contribution in [0.4, 0.5) is 0 Å². The van der Waals surface area contributed by atoms with E-state index in [1.165, 1.54) is 22.3 Å². The van der Waals surface area contributed by atoms with Crippen molar-refractivity contribution in [3.63, 3.8) is 0 Å². The van der Waals surface area contributed by atoms with Gasteiger partial charge in [0.25, 0.3) is 0 Å². The highest BCUT2D eigenvalue weighted by atomic mass is 17.2. The molecule has 0 atom stereocenters. The summed E-state index contributed by atoms with van der Waals surface area (Å²) in [4.78, 5) is 11.5. The van der Waals surface area contributed by atoms with Gasteiger partial charge < -0.3 is 0 Å². The first-order chi connectivity index (χ1) is 9.87. The van der Waals surface area contributed by atoms with Crippen molar-refractivity contribution in [2.24, 2.45) is 0 Å². The maximum atomic E-state index is 5.76. The molecule has 0 saturated heterocycles. The molecule has 1 heterocycles. The van der Waals surface area contributed by atoms with E-state index in [-0.39, 0.29) is 10.8 Å². The Morgan fingerprint density at radius 3 is 1.36 bits per heavy atom. The first-order valence-corrected chi connectivity index (χ1v) is 8.46. The molecule has 0 spiro atoms. The highest BCUT2D eigenvalue weighted by Gasteiger charge is 2.41. The molecule has 0 aliphatic carbocycles. The maximum Gasteiger partial charge on any atom is 0.190 e. The van der Waals surface area contributed by atoms with Crippen molar-refractivity contribution < 1.29 is 9.78 Å². The molecule has 2 bridgehead atoms. The van der Waals surface area contributed by atoms with E-state index in [1.54, 1.807) is 0 Å². The lowest BCUT2D eigenvalue weighted by Gasteiger charge is -2.34. The van der Waals surface area contributed by atoms with Gasteiger partial charge in [-0.3, -0.25) is 9.78 Å².